The van der Waals surface area contributed by atoms with Crippen LogP contribution in [0, 0.1) is 5.82 Å². The largest absolute Gasteiger partial charge is 0.453 e. The fourth-order valence-corrected chi connectivity index (χ4v) is 1.72. The second-order valence-electron chi connectivity index (χ2n) is 3.57. The highest BCUT2D eigenvalue weighted by Gasteiger charge is 2.08. The van der Waals surface area contributed by atoms with E-state index in [9.17, 15) is 4.39 Å². The molecule has 0 fully saturated rings. The molecule has 0 unspecified atom stereocenters. The van der Waals surface area contributed by atoms with Crippen molar-refractivity contribution < 1.29 is 14.3 Å². The standard InChI is InChI=1S/C12H9BrFN3O2/c13-8-4-9(6-16-5-8)19-11-2-1-7(3-10(11)14)12(15)17-18/h1-6,18H,(H2,15,17). The van der Waals surface area contributed by atoms with E-state index in [-0.39, 0.29) is 17.1 Å². The molecule has 0 radical (unpaired) electrons. The van der Waals surface area contributed by atoms with Crippen LogP contribution in [0.5, 0.6) is 11.5 Å². The topological polar surface area (TPSA) is 80.7 Å². The number of benzene rings is 1. The first-order valence-electron chi connectivity index (χ1n) is 5.16. The molecule has 19 heavy (non-hydrogen) atoms. The summed E-state index contributed by atoms with van der Waals surface area (Å²) < 4.78 is 19.9. The highest BCUT2D eigenvalue weighted by molar-refractivity contribution is 9.10. The number of hydrogen-bond acceptors (Lipinski definition) is 4. The van der Waals surface area contributed by atoms with Crippen LogP contribution in [0.3, 0.4) is 0 Å². The van der Waals surface area contributed by atoms with Crippen molar-refractivity contribution in [2.75, 3.05) is 0 Å². The minimum Gasteiger partial charge on any atom is -0.453 e. The van der Waals surface area contributed by atoms with Crippen LogP contribution < -0.4 is 10.5 Å². The molecule has 0 aliphatic carbocycles. The second kappa shape index (κ2) is 5.66. The molecular weight excluding hydrogens is 317 g/mol. The number of oxime groups is 1. The third kappa shape index (κ3) is 3.19. The number of amidine groups is 1. The van der Waals surface area contributed by atoms with Gasteiger partial charge in [-0.3, -0.25) is 4.98 Å². The van der Waals surface area contributed by atoms with E-state index in [1.807, 2.05) is 0 Å². The summed E-state index contributed by atoms with van der Waals surface area (Å²) in [5, 5.41) is 11.3. The molecule has 0 saturated heterocycles. The Kier molecular flexibility index (Phi) is 3.96. The molecule has 0 aliphatic rings. The molecule has 5 nitrogen and oxygen atoms in total. The van der Waals surface area contributed by atoms with Crippen LogP contribution in [0.1, 0.15) is 5.56 Å². The summed E-state index contributed by atoms with van der Waals surface area (Å²) in [4.78, 5) is 3.90. The number of hydrogen-bond donors (Lipinski definition) is 2. The monoisotopic (exact) mass is 325 g/mol. The van der Waals surface area contributed by atoms with Crippen molar-refractivity contribution in [3.05, 3.63) is 52.5 Å². The normalized spacial score (nSPS) is 11.4. The third-order valence-electron chi connectivity index (χ3n) is 2.24. The fraction of sp³-hybridized carbons (Fsp3) is 0. The summed E-state index contributed by atoms with van der Waals surface area (Å²) in [7, 11) is 0. The maximum atomic E-state index is 13.8. The van der Waals surface area contributed by atoms with E-state index < -0.39 is 5.82 Å². The summed E-state index contributed by atoms with van der Waals surface area (Å²) in [6.07, 6.45) is 3.05. The first-order valence-corrected chi connectivity index (χ1v) is 5.95. The summed E-state index contributed by atoms with van der Waals surface area (Å²) >= 11 is 3.24. The van der Waals surface area contributed by atoms with Crippen LogP contribution in [0.25, 0.3) is 0 Å². The molecule has 3 N–H and O–H groups in total. The summed E-state index contributed by atoms with van der Waals surface area (Å²) in [5.74, 6) is -0.377. The van der Waals surface area contributed by atoms with Gasteiger partial charge >= 0.3 is 0 Å². The van der Waals surface area contributed by atoms with Crippen LogP contribution >= 0.6 is 15.9 Å². The van der Waals surface area contributed by atoms with Gasteiger partial charge in [-0.05, 0) is 40.2 Å². The van der Waals surface area contributed by atoms with Gasteiger partial charge in [-0.15, -0.1) is 0 Å². The molecule has 1 heterocycles. The van der Waals surface area contributed by atoms with Crippen molar-refractivity contribution in [3.63, 3.8) is 0 Å². The molecule has 0 saturated carbocycles. The first kappa shape index (κ1) is 13.3. The lowest BCUT2D eigenvalue weighted by Gasteiger charge is -2.07. The Morgan fingerprint density at radius 2 is 2.16 bits per heavy atom. The molecular formula is C12H9BrFN3O2. The molecule has 2 aromatic rings. The lowest BCUT2D eigenvalue weighted by molar-refractivity contribution is 0.318. The van der Waals surface area contributed by atoms with Gasteiger partial charge in [0.15, 0.2) is 17.4 Å². The Morgan fingerprint density at radius 3 is 2.79 bits per heavy atom. The zero-order valence-corrected chi connectivity index (χ0v) is 11.1. The number of pyridine rings is 1. The van der Waals surface area contributed by atoms with E-state index in [1.54, 1.807) is 12.3 Å². The lowest BCUT2D eigenvalue weighted by Crippen LogP contribution is -2.13. The average molecular weight is 326 g/mol. The van der Waals surface area contributed by atoms with E-state index in [0.717, 1.165) is 10.5 Å². The maximum absolute atomic E-state index is 13.8. The number of rotatable bonds is 3. The molecule has 1 aromatic heterocycles. The van der Waals surface area contributed by atoms with Crippen LogP contribution in [0.4, 0.5) is 4.39 Å². The van der Waals surface area contributed by atoms with Gasteiger partial charge < -0.3 is 15.7 Å². The van der Waals surface area contributed by atoms with Gasteiger partial charge in [0.25, 0.3) is 0 Å². The molecule has 1 aromatic carbocycles. The fourth-order valence-electron chi connectivity index (χ4n) is 1.38. The summed E-state index contributed by atoms with van der Waals surface area (Å²) in [6.45, 7) is 0. The second-order valence-corrected chi connectivity index (χ2v) is 4.49. The predicted molar refractivity (Wildman–Crippen MR) is 70.9 cm³/mol. The predicted octanol–water partition coefficient (Wildman–Crippen LogP) is 2.87. The zero-order chi connectivity index (χ0) is 13.8. The first-order chi connectivity index (χ1) is 9.10. The smallest absolute Gasteiger partial charge is 0.170 e. The Morgan fingerprint density at radius 1 is 1.37 bits per heavy atom. The van der Waals surface area contributed by atoms with E-state index in [4.69, 9.17) is 15.7 Å². The molecule has 7 heteroatoms. The Labute approximate surface area is 116 Å². The quantitative estimate of drug-likeness (QED) is 0.393. The summed E-state index contributed by atoms with van der Waals surface area (Å²) in [6, 6.07) is 5.65. The lowest BCUT2D eigenvalue weighted by atomic mass is 10.2. The number of nitrogens with zero attached hydrogens (tertiary/aromatic N) is 2. The van der Waals surface area contributed by atoms with E-state index in [1.165, 1.54) is 18.3 Å². The van der Waals surface area contributed by atoms with Crippen molar-refractivity contribution in [1.29, 1.82) is 0 Å². The van der Waals surface area contributed by atoms with Crippen LogP contribution in [-0.2, 0) is 0 Å². The van der Waals surface area contributed by atoms with E-state index in [0.29, 0.717) is 5.75 Å². The molecule has 0 bridgehead atoms. The molecule has 0 aliphatic heterocycles. The minimum absolute atomic E-state index is 0.0226. The highest BCUT2D eigenvalue weighted by Crippen LogP contribution is 2.26. The van der Waals surface area contributed by atoms with Gasteiger partial charge in [0, 0.05) is 16.2 Å². The SMILES string of the molecule is NC(=NO)c1ccc(Oc2cncc(Br)c2)c(F)c1. The molecule has 98 valence electrons. The van der Waals surface area contributed by atoms with E-state index >= 15 is 0 Å². The van der Waals surface area contributed by atoms with Gasteiger partial charge in [-0.2, -0.15) is 0 Å². The van der Waals surface area contributed by atoms with Crippen LogP contribution in [-0.4, -0.2) is 16.0 Å². The van der Waals surface area contributed by atoms with Gasteiger partial charge in [0.05, 0.1) is 6.20 Å². The van der Waals surface area contributed by atoms with Gasteiger partial charge in [0.1, 0.15) is 5.75 Å². The number of halogens is 2. The Bertz CT molecular complexity index is 634. The van der Waals surface area contributed by atoms with Crippen molar-refractivity contribution in [3.8, 4) is 11.5 Å². The molecule has 0 amide bonds. The van der Waals surface area contributed by atoms with Crippen LogP contribution in [0.15, 0.2) is 46.3 Å². The number of nitrogens with two attached hydrogens (primary N) is 1. The van der Waals surface area contributed by atoms with Crippen molar-refractivity contribution >= 4 is 21.8 Å². The van der Waals surface area contributed by atoms with Crippen molar-refractivity contribution in [2.24, 2.45) is 10.9 Å². The zero-order valence-electron chi connectivity index (χ0n) is 9.55. The molecule has 2 rings (SSSR count). The van der Waals surface area contributed by atoms with Gasteiger partial charge in [0.2, 0.25) is 0 Å². The highest BCUT2D eigenvalue weighted by atomic mass is 79.9. The van der Waals surface area contributed by atoms with Gasteiger partial charge in [-0.1, -0.05) is 5.16 Å². The van der Waals surface area contributed by atoms with Gasteiger partial charge in [-0.25, -0.2) is 4.39 Å². The number of aromatic nitrogens is 1. The molecule has 0 atom stereocenters. The molecule has 0 spiro atoms. The summed E-state index contributed by atoms with van der Waals surface area (Å²) in [5.41, 5.74) is 5.63. The third-order valence-corrected chi connectivity index (χ3v) is 2.68. The average Bonchev–Trinajstić information content (AvgIpc) is 2.40. The minimum atomic E-state index is -0.621. The van der Waals surface area contributed by atoms with Crippen LogP contribution in [0.2, 0.25) is 0 Å². The van der Waals surface area contributed by atoms with Crippen molar-refractivity contribution in [2.45, 2.75) is 0 Å². The Balaban J connectivity index is 2.27. The Hall–Kier alpha value is -2.15. The maximum Gasteiger partial charge on any atom is 0.170 e. The number of ether oxygens (including phenoxy) is 1. The van der Waals surface area contributed by atoms with E-state index in [2.05, 4.69) is 26.1 Å². The van der Waals surface area contributed by atoms with Crippen molar-refractivity contribution in [1.82, 2.24) is 4.98 Å².